The fourth-order valence-electron chi connectivity index (χ4n) is 3.85. The Hall–Kier alpha value is -1.97. The third-order valence-electron chi connectivity index (χ3n) is 5.42. The molecule has 3 rings (SSSR count). The number of benzene rings is 2. The maximum atomic E-state index is 12.5. The summed E-state index contributed by atoms with van der Waals surface area (Å²) in [5.41, 5.74) is 1.76. The second-order valence-electron chi connectivity index (χ2n) is 7.06. The number of hydrogen-bond acceptors (Lipinski definition) is 3. The molecule has 1 heterocycles. The first-order valence-corrected chi connectivity index (χ1v) is 9.18. The van der Waals surface area contributed by atoms with E-state index in [1.165, 1.54) is 0 Å². The van der Waals surface area contributed by atoms with Crippen molar-refractivity contribution in [3.8, 4) is 0 Å². The highest BCUT2D eigenvalue weighted by molar-refractivity contribution is 5.96. The number of carbonyl (C=O) groups is 1. The van der Waals surface area contributed by atoms with Crippen LogP contribution < -0.4 is 0 Å². The van der Waals surface area contributed by atoms with Gasteiger partial charge in [0.1, 0.15) is 0 Å². The topological polar surface area (TPSA) is 40.5 Å². The van der Waals surface area contributed by atoms with Crippen LogP contribution in [0.4, 0.5) is 0 Å². The summed E-state index contributed by atoms with van der Waals surface area (Å²) < 4.78 is 0. The van der Waals surface area contributed by atoms with Crippen LogP contribution in [0.15, 0.2) is 60.7 Å². The fraction of sp³-hybridized carbons (Fsp3) is 0.409. The van der Waals surface area contributed by atoms with Crippen LogP contribution in [-0.2, 0) is 0 Å². The van der Waals surface area contributed by atoms with Gasteiger partial charge in [0.25, 0.3) is 0 Å². The molecule has 3 heteroatoms. The van der Waals surface area contributed by atoms with Gasteiger partial charge in [-0.1, -0.05) is 67.1 Å². The van der Waals surface area contributed by atoms with Gasteiger partial charge in [-0.05, 0) is 31.9 Å². The summed E-state index contributed by atoms with van der Waals surface area (Å²) in [6.07, 6.45) is 4.07. The predicted octanol–water partition coefficient (Wildman–Crippen LogP) is 4.24. The quantitative estimate of drug-likeness (QED) is 0.802. The van der Waals surface area contributed by atoms with E-state index in [4.69, 9.17) is 0 Å². The maximum Gasteiger partial charge on any atom is 0.164 e. The highest BCUT2D eigenvalue weighted by Gasteiger charge is 2.30. The van der Waals surface area contributed by atoms with E-state index in [2.05, 4.69) is 11.9 Å². The number of likely N-dealkylation sites (tertiary alicyclic amines) is 1. The first kappa shape index (κ1) is 17.8. The zero-order valence-corrected chi connectivity index (χ0v) is 14.8. The lowest BCUT2D eigenvalue weighted by Gasteiger charge is -2.40. The molecule has 1 fully saturated rings. The minimum absolute atomic E-state index is 0.210. The van der Waals surface area contributed by atoms with E-state index in [1.807, 2.05) is 60.7 Å². The lowest BCUT2D eigenvalue weighted by Crippen LogP contribution is -2.45. The Bertz CT molecular complexity index is 671. The van der Waals surface area contributed by atoms with Gasteiger partial charge in [0.15, 0.2) is 5.78 Å². The number of piperidine rings is 1. The molecule has 0 bridgehead atoms. The Kier molecular flexibility index (Phi) is 6.00. The largest absolute Gasteiger partial charge is 0.388 e. The van der Waals surface area contributed by atoms with Gasteiger partial charge in [0.2, 0.25) is 0 Å². The Morgan fingerprint density at radius 1 is 1.04 bits per heavy atom. The Labute approximate surface area is 150 Å². The fourth-order valence-corrected chi connectivity index (χ4v) is 3.85. The summed E-state index contributed by atoms with van der Waals surface area (Å²) in [6.45, 7) is 0. The molecule has 0 aliphatic carbocycles. The number of carbonyl (C=O) groups excluding carboxylic acids is 1. The summed E-state index contributed by atoms with van der Waals surface area (Å²) in [4.78, 5) is 14.8. The van der Waals surface area contributed by atoms with Gasteiger partial charge >= 0.3 is 0 Å². The lowest BCUT2D eigenvalue weighted by atomic mass is 9.88. The van der Waals surface area contributed by atoms with Crippen molar-refractivity contribution in [2.45, 2.75) is 50.3 Å². The van der Waals surface area contributed by atoms with Crippen LogP contribution >= 0.6 is 0 Å². The Balaban J connectivity index is 1.61. The lowest BCUT2D eigenvalue weighted by molar-refractivity contribution is 0.0549. The molecule has 1 aliphatic rings. The molecule has 1 N–H and O–H groups in total. The third-order valence-corrected chi connectivity index (χ3v) is 5.42. The minimum atomic E-state index is -0.447. The zero-order valence-electron chi connectivity index (χ0n) is 14.8. The van der Waals surface area contributed by atoms with Gasteiger partial charge < -0.3 is 5.11 Å². The molecular weight excluding hydrogens is 310 g/mol. The second-order valence-corrected chi connectivity index (χ2v) is 7.06. The average molecular weight is 337 g/mol. The van der Waals surface area contributed by atoms with Gasteiger partial charge in [0.05, 0.1) is 6.10 Å². The van der Waals surface area contributed by atoms with Crippen molar-refractivity contribution in [1.82, 2.24) is 4.90 Å². The minimum Gasteiger partial charge on any atom is -0.388 e. The molecule has 0 spiro atoms. The molecule has 132 valence electrons. The van der Waals surface area contributed by atoms with Crippen molar-refractivity contribution in [3.63, 3.8) is 0 Å². The molecule has 2 aromatic carbocycles. The molecule has 0 unspecified atom stereocenters. The van der Waals surface area contributed by atoms with Crippen LogP contribution in [0.1, 0.15) is 54.1 Å². The zero-order chi connectivity index (χ0) is 17.6. The number of ketones is 1. The molecule has 1 aliphatic heterocycles. The van der Waals surface area contributed by atoms with Gasteiger partial charge in [-0.15, -0.1) is 0 Å². The van der Waals surface area contributed by atoms with Crippen LogP contribution in [0.3, 0.4) is 0 Å². The van der Waals surface area contributed by atoms with Crippen molar-refractivity contribution in [1.29, 1.82) is 0 Å². The van der Waals surface area contributed by atoms with E-state index >= 15 is 0 Å². The molecule has 3 nitrogen and oxygen atoms in total. The molecule has 0 amide bonds. The Morgan fingerprint density at radius 2 is 1.64 bits per heavy atom. The van der Waals surface area contributed by atoms with Crippen LogP contribution in [0, 0.1) is 0 Å². The van der Waals surface area contributed by atoms with Gasteiger partial charge in [-0.2, -0.15) is 0 Å². The SMILES string of the molecule is CN1[C@@H](CC(=O)c2ccccc2)CCC[C@H]1C[C@@H](O)c1ccccc1. The molecule has 3 atom stereocenters. The summed E-state index contributed by atoms with van der Waals surface area (Å²) in [5.74, 6) is 0.210. The molecule has 0 radical (unpaired) electrons. The molecular formula is C22H27NO2. The number of Topliss-reactive ketones (excluding diaryl/α,β-unsaturated/α-hetero) is 1. The molecule has 2 aromatic rings. The van der Waals surface area contributed by atoms with Gasteiger partial charge in [0, 0.05) is 24.1 Å². The van der Waals surface area contributed by atoms with Crippen LogP contribution in [0.25, 0.3) is 0 Å². The van der Waals surface area contributed by atoms with Gasteiger partial charge in [-0.25, -0.2) is 0 Å². The van der Waals surface area contributed by atoms with E-state index in [-0.39, 0.29) is 11.8 Å². The number of aliphatic hydroxyl groups is 1. The van der Waals surface area contributed by atoms with E-state index < -0.39 is 6.10 Å². The smallest absolute Gasteiger partial charge is 0.164 e. The number of nitrogens with zero attached hydrogens (tertiary/aromatic N) is 1. The standard InChI is InChI=1S/C22H27NO2/c1-23-19(15-21(24)17-9-4-2-5-10-17)13-8-14-20(23)16-22(25)18-11-6-3-7-12-18/h2-7,9-12,19-21,24H,8,13-16H2,1H3/t19-,20+,21+/m0/s1. The first-order valence-electron chi connectivity index (χ1n) is 9.18. The number of aliphatic hydroxyl groups excluding tert-OH is 1. The van der Waals surface area contributed by atoms with E-state index in [9.17, 15) is 9.90 Å². The highest BCUT2D eigenvalue weighted by atomic mass is 16.3. The van der Waals surface area contributed by atoms with Crippen molar-refractivity contribution in [2.24, 2.45) is 0 Å². The number of rotatable bonds is 6. The van der Waals surface area contributed by atoms with Crippen molar-refractivity contribution in [2.75, 3.05) is 7.05 Å². The van der Waals surface area contributed by atoms with Gasteiger partial charge in [-0.3, -0.25) is 9.69 Å². The summed E-state index contributed by atoms with van der Waals surface area (Å²) in [7, 11) is 2.10. The summed E-state index contributed by atoms with van der Waals surface area (Å²) in [6, 6.07) is 20.0. The van der Waals surface area contributed by atoms with Crippen molar-refractivity contribution in [3.05, 3.63) is 71.8 Å². The average Bonchev–Trinajstić information content (AvgIpc) is 2.66. The normalized spacial score (nSPS) is 22.5. The van der Waals surface area contributed by atoms with Crippen LogP contribution in [-0.4, -0.2) is 34.9 Å². The number of hydrogen-bond donors (Lipinski definition) is 1. The molecule has 0 aromatic heterocycles. The van der Waals surface area contributed by atoms with E-state index in [0.29, 0.717) is 12.5 Å². The summed E-state index contributed by atoms with van der Waals surface area (Å²) >= 11 is 0. The Morgan fingerprint density at radius 3 is 2.32 bits per heavy atom. The monoisotopic (exact) mass is 337 g/mol. The maximum absolute atomic E-state index is 12.5. The van der Waals surface area contributed by atoms with Crippen molar-refractivity contribution >= 4 is 5.78 Å². The molecule has 25 heavy (non-hydrogen) atoms. The first-order chi connectivity index (χ1) is 12.1. The van der Waals surface area contributed by atoms with Crippen LogP contribution in [0.2, 0.25) is 0 Å². The summed E-state index contributed by atoms with van der Waals surface area (Å²) in [5, 5.41) is 10.5. The van der Waals surface area contributed by atoms with Crippen LogP contribution in [0.5, 0.6) is 0 Å². The van der Waals surface area contributed by atoms with E-state index in [0.717, 1.165) is 36.8 Å². The van der Waals surface area contributed by atoms with E-state index in [1.54, 1.807) is 0 Å². The van der Waals surface area contributed by atoms with Crippen molar-refractivity contribution < 1.29 is 9.90 Å². The second kappa shape index (κ2) is 8.41. The predicted molar refractivity (Wildman–Crippen MR) is 101 cm³/mol. The third kappa shape index (κ3) is 4.56. The molecule has 1 saturated heterocycles. The molecule has 0 saturated carbocycles. The highest BCUT2D eigenvalue weighted by Crippen LogP contribution is 2.30.